The lowest BCUT2D eigenvalue weighted by molar-refractivity contribution is -0.384. The summed E-state index contributed by atoms with van der Waals surface area (Å²) in [6, 6.07) is 14.9. The van der Waals surface area contributed by atoms with Gasteiger partial charge in [-0.1, -0.05) is 18.2 Å². The van der Waals surface area contributed by atoms with Gasteiger partial charge in [-0.05, 0) is 43.5 Å². The van der Waals surface area contributed by atoms with Gasteiger partial charge in [-0.25, -0.2) is 0 Å². The van der Waals surface area contributed by atoms with E-state index in [1.165, 1.54) is 18.7 Å². The van der Waals surface area contributed by atoms with Crippen molar-refractivity contribution in [2.75, 3.05) is 29.9 Å². The van der Waals surface area contributed by atoms with Crippen LogP contribution in [0.25, 0.3) is 0 Å². The summed E-state index contributed by atoms with van der Waals surface area (Å²) in [6.07, 6.45) is 1.04. The van der Waals surface area contributed by atoms with Crippen molar-refractivity contribution < 1.29 is 9.72 Å². The number of carbonyl (C=O) groups is 1. The lowest BCUT2D eigenvalue weighted by Gasteiger charge is -2.19. The maximum Gasteiger partial charge on any atom is 0.293 e. The highest BCUT2D eigenvalue weighted by atomic mass is 16.6. The van der Waals surface area contributed by atoms with Gasteiger partial charge in [-0.15, -0.1) is 0 Å². The third kappa shape index (κ3) is 3.96. The molecule has 0 spiro atoms. The first-order valence-electron chi connectivity index (χ1n) is 8.38. The number of nitrogens with one attached hydrogen (secondary N) is 1. The number of Topliss-reactive ketones (excluding diaryl/α,β-unsaturated/α-hetero) is 1. The number of benzene rings is 2. The monoisotopic (exact) mass is 339 g/mol. The number of carbonyl (C=O) groups excluding carboxylic acids is 1. The molecule has 1 atom stereocenters. The largest absolute Gasteiger partial charge is 0.379 e. The van der Waals surface area contributed by atoms with Crippen LogP contribution in [0.1, 0.15) is 23.7 Å². The standard InChI is InChI=1S/C19H21N3O3/c1-14(23)16-7-8-18(19(11-16)22(24)25)20-12-15-9-10-21(13-15)17-5-3-2-4-6-17/h2-8,11,15,20H,9-10,12-13H2,1H3. The minimum absolute atomic E-state index is 0.0504. The van der Waals surface area contributed by atoms with E-state index in [1.807, 2.05) is 18.2 Å². The first-order valence-corrected chi connectivity index (χ1v) is 8.38. The summed E-state index contributed by atoms with van der Waals surface area (Å²) in [5.41, 5.74) is 1.98. The van der Waals surface area contributed by atoms with Gasteiger partial charge in [0, 0.05) is 37.0 Å². The van der Waals surface area contributed by atoms with Crippen molar-refractivity contribution in [3.8, 4) is 0 Å². The topological polar surface area (TPSA) is 75.5 Å². The molecule has 2 aromatic rings. The summed E-state index contributed by atoms with van der Waals surface area (Å²) in [5.74, 6) is 0.247. The fraction of sp³-hybridized carbons (Fsp3) is 0.316. The Morgan fingerprint density at radius 2 is 2.04 bits per heavy atom. The molecular formula is C19H21N3O3. The second-order valence-electron chi connectivity index (χ2n) is 6.36. The van der Waals surface area contributed by atoms with E-state index in [2.05, 4.69) is 22.3 Å². The van der Waals surface area contributed by atoms with Crippen molar-refractivity contribution in [3.63, 3.8) is 0 Å². The fourth-order valence-corrected chi connectivity index (χ4v) is 3.18. The van der Waals surface area contributed by atoms with Crippen molar-refractivity contribution in [1.29, 1.82) is 0 Å². The average Bonchev–Trinajstić information content (AvgIpc) is 3.09. The molecule has 0 bridgehead atoms. The summed E-state index contributed by atoms with van der Waals surface area (Å²) in [7, 11) is 0. The van der Waals surface area contributed by atoms with E-state index in [9.17, 15) is 14.9 Å². The number of rotatable bonds is 6. The van der Waals surface area contributed by atoms with Crippen LogP contribution in [0.3, 0.4) is 0 Å². The SMILES string of the molecule is CC(=O)c1ccc(NCC2CCN(c3ccccc3)C2)c([N+](=O)[O-])c1. The van der Waals surface area contributed by atoms with Crippen molar-refractivity contribution >= 4 is 22.8 Å². The minimum Gasteiger partial charge on any atom is -0.379 e. The summed E-state index contributed by atoms with van der Waals surface area (Å²) < 4.78 is 0. The Labute approximate surface area is 146 Å². The highest BCUT2D eigenvalue weighted by molar-refractivity contribution is 5.95. The first-order chi connectivity index (χ1) is 12.0. The summed E-state index contributed by atoms with van der Waals surface area (Å²) in [5, 5.41) is 14.5. The smallest absolute Gasteiger partial charge is 0.293 e. The summed E-state index contributed by atoms with van der Waals surface area (Å²) >= 11 is 0. The zero-order chi connectivity index (χ0) is 17.8. The van der Waals surface area contributed by atoms with Crippen LogP contribution in [0.15, 0.2) is 48.5 Å². The molecule has 1 unspecified atom stereocenters. The molecule has 1 heterocycles. The number of anilines is 2. The highest BCUT2D eigenvalue weighted by Gasteiger charge is 2.23. The number of hydrogen-bond donors (Lipinski definition) is 1. The Morgan fingerprint density at radius 1 is 1.28 bits per heavy atom. The van der Waals surface area contributed by atoms with Gasteiger partial charge < -0.3 is 10.2 Å². The van der Waals surface area contributed by atoms with E-state index in [1.54, 1.807) is 12.1 Å². The van der Waals surface area contributed by atoms with E-state index >= 15 is 0 Å². The number of hydrogen-bond acceptors (Lipinski definition) is 5. The molecule has 1 aliphatic rings. The van der Waals surface area contributed by atoms with Gasteiger partial charge >= 0.3 is 0 Å². The Morgan fingerprint density at radius 3 is 2.72 bits per heavy atom. The van der Waals surface area contributed by atoms with E-state index in [0.717, 1.165) is 19.5 Å². The summed E-state index contributed by atoms with van der Waals surface area (Å²) in [4.78, 5) is 24.6. The van der Waals surface area contributed by atoms with Crippen LogP contribution in [0.4, 0.5) is 17.1 Å². The minimum atomic E-state index is -0.445. The molecule has 3 rings (SSSR count). The van der Waals surface area contributed by atoms with Crippen LogP contribution < -0.4 is 10.2 Å². The Kier molecular flexibility index (Phi) is 4.97. The van der Waals surface area contributed by atoms with Crippen molar-refractivity contribution in [2.24, 2.45) is 5.92 Å². The molecule has 0 aliphatic carbocycles. The van der Waals surface area contributed by atoms with Crippen LogP contribution in [-0.2, 0) is 0 Å². The average molecular weight is 339 g/mol. The van der Waals surface area contributed by atoms with Gasteiger partial charge in [0.25, 0.3) is 5.69 Å². The van der Waals surface area contributed by atoms with Gasteiger partial charge in [-0.2, -0.15) is 0 Å². The molecule has 1 fully saturated rings. The van der Waals surface area contributed by atoms with Crippen LogP contribution in [0.2, 0.25) is 0 Å². The third-order valence-electron chi connectivity index (χ3n) is 4.59. The maximum absolute atomic E-state index is 11.4. The van der Waals surface area contributed by atoms with Crippen molar-refractivity contribution in [1.82, 2.24) is 0 Å². The predicted molar refractivity (Wildman–Crippen MR) is 98.4 cm³/mol. The molecule has 130 valence electrons. The molecule has 25 heavy (non-hydrogen) atoms. The number of nitro groups is 1. The van der Waals surface area contributed by atoms with Gasteiger partial charge in [-0.3, -0.25) is 14.9 Å². The third-order valence-corrected chi connectivity index (χ3v) is 4.59. The first kappa shape index (κ1) is 17.0. The van der Waals surface area contributed by atoms with E-state index in [0.29, 0.717) is 23.7 Å². The zero-order valence-electron chi connectivity index (χ0n) is 14.1. The Hall–Kier alpha value is -2.89. The molecule has 0 saturated carbocycles. The molecule has 2 aromatic carbocycles. The molecule has 6 nitrogen and oxygen atoms in total. The highest BCUT2D eigenvalue weighted by Crippen LogP contribution is 2.28. The summed E-state index contributed by atoms with van der Waals surface area (Å²) in [6.45, 7) is 3.99. The van der Waals surface area contributed by atoms with Gasteiger partial charge in [0.2, 0.25) is 0 Å². The van der Waals surface area contributed by atoms with Gasteiger partial charge in [0.05, 0.1) is 4.92 Å². The second kappa shape index (κ2) is 7.34. The van der Waals surface area contributed by atoms with Gasteiger partial charge in [0.15, 0.2) is 5.78 Å². The molecule has 0 amide bonds. The molecule has 6 heteroatoms. The van der Waals surface area contributed by atoms with Gasteiger partial charge in [0.1, 0.15) is 5.69 Å². The predicted octanol–water partition coefficient (Wildman–Crippen LogP) is 3.74. The van der Waals surface area contributed by atoms with E-state index in [-0.39, 0.29) is 11.5 Å². The molecule has 1 saturated heterocycles. The molecular weight excluding hydrogens is 318 g/mol. The Bertz CT molecular complexity index is 777. The lowest BCUT2D eigenvalue weighted by atomic mass is 10.1. The second-order valence-corrected chi connectivity index (χ2v) is 6.36. The molecule has 1 aliphatic heterocycles. The van der Waals surface area contributed by atoms with Crippen LogP contribution in [0, 0.1) is 16.0 Å². The molecule has 0 radical (unpaired) electrons. The maximum atomic E-state index is 11.4. The fourth-order valence-electron chi connectivity index (χ4n) is 3.18. The number of nitro benzene ring substituents is 1. The number of para-hydroxylation sites is 1. The molecule has 0 aromatic heterocycles. The number of ketones is 1. The van der Waals surface area contributed by atoms with E-state index in [4.69, 9.17) is 0 Å². The van der Waals surface area contributed by atoms with E-state index < -0.39 is 4.92 Å². The van der Waals surface area contributed by atoms with Crippen LogP contribution >= 0.6 is 0 Å². The number of nitrogens with zero attached hydrogens (tertiary/aromatic N) is 2. The van der Waals surface area contributed by atoms with Crippen molar-refractivity contribution in [3.05, 3.63) is 64.2 Å². The lowest BCUT2D eigenvalue weighted by Crippen LogP contribution is -2.22. The molecule has 1 N–H and O–H groups in total. The Balaban J connectivity index is 1.64. The van der Waals surface area contributed by atoms with Crippen LogP contribution in [0.5, 0.6) is 0 Å². The van der Waals surface area contributed by atoms with Crippen molar-refractivity contribution in [2.45, 2.75) is 13.3 Å². The normalized spacial score (nSPS) is 16.7. The zero-order valence-corrected chi connectivity index (χ0v) is 14.1. The quantitative estimate of drug-likeness (QED) is 0.493. The van der Waals surface area contributed by atoms with Crippen LogP contribution in [-0.4, -0.2) is 30.3 Å².